The lowest BCUT2D eigenvalue weighted by atomic mass is 9.87. The van der Waals surface area contributed by atoms with E-state index in [1.54, 1.807) is 6.20 Å². The van der Waals surface area contributed by atoms with E-state index < -0.39 is 0 Å². The number of fused-ring (bicyclic) bond motifs is 1. The maximum Gasteiger partial charge on any atom is 0.148 e. The summed E-state index contributed by atoms with van der Waals surface area (Å²) >= 11 is 0. The van der Waals surface area contributed by atoms with Gasteiger partial charge in [0, 0.05) is 12.2 Å². The van der Waals surface area contributed by atoms with Crippen LogP contribution in [0, 0.1) is 5.92 Å². The van der Waals surface area contributed by atoms with E-state index in [9.17, 15) is 4.79 Å². The first-order chi connectivity index (χ1) is 9.81. The summed E-state index contributed by atoms with van der Waals surface area (Å²) in [6.07, 6.45) is 4.75. The van der Waals surface area contributed by atoms with Gasteiger partial charge in [0.05, 0.1) is 30.7 Å². The molecule has 0 radical (unpaired) electrons. The van der Waals surface area contributed by atoms with Gasteiger partial charge in [0.25, 0.3) is 0 Å². The number of hydrogen-bond acceptors (Lipinski definition) is 4. The van der Waals surface area contributed by atoms with Crippen LogP contribution in [0.25, 0.3) is 0 Å². The average Bonchev–Trinajstić information content (AvgIpc) is 3.11. The number of hydrogen-bond donors (Lipinski definition) is 1. The van der Waals surface area contributed by atoms with Gasteiger partial charge in [-0.1, -0.05) is 13.0 Å². The number of aromatic nitrogens is 1. The van der Waals surface area contributed by atoms with Crippen LogP contribution in [0.15, 0.2) is 18.3 Å². The molecule has 2 aliphatic rings. The topological polar surface area (TPSA) is 51.2 Å². The van der Waals surface area contributed by atoms with Crippen molar-refractivity contribution >= 4 is 5.78 Å². The highest BCUT2D eigenvalue weighted by Crippen LogP contribution is 2.35. The van der Waals surface area contributed by atoms with Crippen molar-refractivity contribution in [3.8, 4) is 0 Å². The summed E-state index contributed by atoms with van der Waals surface area (Å²) in [5.74, 6) is 0.275. The molecule has 4 nitrogen and oxygen atoms in total. The Bertz CT molecular complexity index is 489. The zero-order valence-corrected chi connectivity index (χ0v) is 12.0. The van der Waals surface area contributed by atoms with Gasteiger partial charge < -0.3 is 10.1 Å². The van der Waals surface area contributed by atoms with E-state index >= 15 is 0 Å². The molecular formula is C16H22N2O2. The molecule has 20 heavy (non-hydrogen) atoms. The lowest BCUT2D eigenvalue weighted by molar-refractivity contribution is -0.124. The number of aryl methyl sites for hydroxylation is 1. The van der Waals surface area contributed by atoms with Crippen molar-refractivity contribution in [2.75, 3.05) is 19.8 Å². The van der Waals surface area contributed by atoms with E-state index in [0.717, 1.165) is 31.5 Å². The van der Waals surface area contributed by atoms with Gasteiger partial charge in [-0.15, -0.1) is 0 Å². The fourth-order valence-electron chi connectivity index (χ4n) is 3.31. The zero-order valence-electron chi connectivity index (χ0n) is 12.0. The molecule has 0 spiro atoms. The highest BCUT2D eigenvalue weighted by molar-refractivity contribution is 5.89. The minimum absolute atomic E-state index is 0.0143. The number of nitrogens with zero attached hydrogens (tertiary/aromatic N) is 1. The number of pyridine rings is 1. The normalized spacial score (nSPS) is 28.6. The van der Waals surface area contributed by atoms with E-state index in [1.165, 1.54) is 5.56 Å². The Balaban J connectivity index is 1.73. The first-order valence-electron chi connectivity index (χ1n) is 7.60. The molecule has 2 heterocycles. The first kappa shape index (κ1) is 13.7. The van der Waals surface area contributed by atoms with E-state index in [1.807, 2.05) is 6.07 Å². The molecule has 3 atom stereocenters. The van der Waals surface area contributed by atoms with E-state index in [-0.39, 0.29) is 17.9 Å². The van der Waals surface area contributed by atoms with Gasteiger partial charge in [0.2, 0.25) is 0 Å². The van der Waals surface area contributed by atoms with E-state index in [4.69, 9.17) is 4.74 Å². The lowest BCUT2D eigenvalue weighted by Crippen LogP contribution is -2.41. The third kappa shape index (κ3) is 2.50. The van der Waals surface area contributed by atoms with Crippen molar-refractivity contribution in [3.05, 3.63) is 29.6 Å². The largest absolute Gasteiger partial charge is 0.379 e. The third-order valence-corrected chi connectivity index (χ3v) is 4.40. The van der Waals surface area contributed by atoms with Crippen molar-refractivity contribution in [1.82, 2.24) is 10.3 Å². The Kier molecular flexibility index (Phi) is 4.13. The van der Waals surface area contributed by atoms with Crippen molar-refractivity contribution < 1.29 is 9.53 Å². The highest BCUT2D eigenvalue weighted by atomic mass is 16.5. The molecule has 0 saturated carbocycles. The Hall–Kier alpha value is -1.26. The monoisotopic (exact) mass is 274 g/mol. The fraction of sp³-hybridized carbons (Fsp3) is 0.625. The van der Waals surface area contributed by atoms with E-state index in [0.29, 0.717) is 19.0 Å². The van der Waals surface area contributed by atoms with Crippen LogP contribution in [0.2, 0.25) is 0 Å². The number of ketones is 1. The summed E-state index contributed by atoms with van der Waals surface area (Å²) < 4.78 is 5.53. The number of nitrogens with one attached hydrogen (secondary N) is 1. The smallest absolute Gasteiger partial charge is 0.148 e. The molecule has 1 aromatic heterocycles. The van der Waals surface area contributed by atoms with Crippen molar-refractivity contribution in [2.24, 2.45) is 5.92 Å². The van der Waals surface area contributed by atoms with Gasteiger partial charge in [-0.25, -0.2) is 0 Å². The van der Waals surface area contributed by atoms with Crippen LogP contribution in [0.1, 0.15) is 36.9 Å². The van der Waals surface area contributed by atoms with Crippen LogP contribution in [-0.2, 0) is 16.0 Å². The number of ether oxygens (including phenoxy) is 1. The quantitative estimate of drug-likeness (QED) is 0.888. The van der Waals surface area contributed by atoms with Crippen molar-refractivity contribution in [3.63, 3.8) is 0 Å². The maximum atomic E-state index is 12.8. The fourth-order valence-corrected chi connectivity index (χ4v) is 3.31. The SMILES string of the molecule is CCCNC1COCC1C(=O)C1CCc2cccnc21. The molecule has 3 unspecified atom stereocenters. The minimum atomic E-state index is -0.0242. The molecular weight excluding hydrogens is 252 g/mol. The summed E-state index contributed by atoms with van der Waals surface area (Å²) in [5.41, 5.74) is 2.24. The van der Waals surface area contributed by atoms with Gasteiger partial charge >= 0.3 is 0 Å². The van der Waals surface area contributed by atoms with Gasteiger partial charge in [0.1, 0.15) is 5.78 Å². The standard InChI is InChI=1S/C16H22N2O2/c1-2-7-17-14-10-20-9-13(14)16(19)12-6-5-11-4-3-8-18-15(11)12/h3-4,8,12-14,17H,2,5-7,9-10H2,1H3. The van der Waals surface area contributed by atoms with Crippen LogP contribution in [0.3, 0.4) is 0 Å². The molecule has 1 aliphatic carbocycles. The molecule has 0 aromatic carbocycles. The Morgan fingerprint density at radius 3 is 3.25 bits per heavy atom. The summed E-state index contributed by atoms with van der Waals surface area (Å²) in [6.45, 7) is 4.28. The van der Waals surface area contributed by atoms with Gasteiger partial charge in [-0.05, 0) is 37.4 Å². The molecule has 108 valence electrons. The van der Waals surface area contributed by atoms with Crippen LogP contribution < -0.4 is 5.32 Å². The van der Waals surface area contributed by atoms with Crippen molar-refractivity contribution in [2.45, 2.75) is 38.1 Å². The van der Waals surface area contributed by atoms with Crippen LogP contribution in [-0.4, -0.2) is 36.6 Å². The zero-order chi connectivity index (χ0) is 13.9. The molecule has 0 amide bonds. The van der Waals surface area contributed by atoms with E-state index in [2.05, 4.69) is 23.3 Å². The summed E-state index contributed by atoms with van der Waals surface area (Å²) in [7, 11) is 0. The molecule has 1 fully saturated rings. The Morgan fingerprint density at radius 1 is 1.50 bits per heavy atom. The third-order valence-electron chi connectivity index (χ3n) is 4.40. The lowest BCUT2D eigenvalue weighted by Gasteiger charge is -2.21. The molecule has 1 aromatic rings. The van der Waals surface area contributed by atoms with Crippen LogP contribution in [0.4, 0.5) is 0 Å². The predicted octanol–water partition coefficient (Wildman–Crippen LogP) is 1.70. The first-order valence-corrected chi connectivity index (χ1v) is 7.60. The number of carbonyl (C=O) groups excluding carboxylic acids is 1. The van der Waals surface area contributed by atoms with Crippen LogP contribution >= 0.6 is 0 Å². The number of rotatable bonds is 5. The molecule has 1 aliphatic heterocycles. The van der Waals surface area contributed by atoms with Gasteiger partial charge in [0.15, 0.2) is 0 Å². The van der Waals surface area contributed by atoms with Gasteiger partial charge in [-0.3, -0.25) is 9.78 Å². The van der Waals surface area contributed by atoms with Gasteiger partial charge in [-0.2, -0.15) is 0 Å². The number of carbonyl (C=O) groups is 1. The molecule has 4 heteroatoms. The second-order valence-electron chi connectivity index (χ2n) is 5.75. The summed E-state index contributed by atoms with van der Waals surface area (Å²) in [6, 6.07) is 4.22. The average molecular weight is 274 g/mol. The molecule has 1 N–H and O–H groups in total. The molecule has 0 bridgehead atoms. The predicted molar refractivity (Wildman–Crippen MR) is 76.7 cm³/mol. The second kappa shape index (κ2) is 6.02. The Morgan fingerprint density at radius 2 is 2.40 bits per heavy atom. The highest BCUT2D eigenvalue weighted by Gasteiger charge is 2.40. The maximum absolute atomic E-state index is 12.8. The summed E-state index contributed by atoms with van der Waals surface area (Å²) in [5, 5.41) is 3.44. The van der Waals surface area contributed by atoms with Crippen LogP contribution in [0.5, 0.6) is 0 Å². The molecule has 3 rings (SSSR count). The summed E-state index contributed by atoms with van der Waals surface area (Å²) in [4.78, 5) is 17.3. The second-order valence-corrected chi connectivity index (χ2v) is 5.75. The number of Topliss-reactive ketones (excluding diaryl/α,β-unsaturated/α-hetero) is 1. The minimum Gasteiger partial charge on any atom is -0.379 e. The molecule has 1 saturated heterocycles. The van der Waals surface area contributed by atoms with Crippen molar-refractivity contribution in [1.29, 1.82) is 0 Å². The Labute approximate surface area is 119 Å².